The van der Waals surface area contributed by atoms with Gasteiger partial charge in [-0.2, -0.15) is 0 Å². The lowest BCUT2D eigenvalue weighted by Crippen LogP contribution is -2.45. The number of hydrogen-bond donors (Lipinski definition) is 1. The first-order valence-electron chi connectivity index (χ1n) is 4.08. The lowest BCUT2D eigenvalue weighted by atomic mass is 10.00. The van der Waals surface area contributed by atoms with Crippen LogP contribution in [0.4, 0.5) is 0 Å². The Hall–Kier alpha value is -0.570. The van der Waals surface area contributed by atoms with Crippen LogP contribution in [-0.2, 0) is 9.53 Å². The van der Waals surface area contributed by atoms with Crippen LogP contribution in [0, 0.1) is 0 Å². The summed E-state index contributed by atoms with van der Waals surface area (Å²) in [4.78, 5) is 11.0. The molecule has 1 fully saturated rings. The Bertz CT molecular complexity index is 147. The molecule has 0 unspecified atom stereocenters. The molecule has 0 aliphatic carbocycles. The number of esters is 1. The average Bonchev–Trinajstić information content (AvgIpc) is 2.03. The minimum Gasteiger partial charge on any atom is -0.468 e. The number of carbonyl (C=O) groups is 1. The molecule has 0 aromatic carbocycles. The van der Waals surface area contributed by atoms with Gasteiger partial charge in [-0.1, -0.05) is 0 Å². The zero-order valence-electron chi connectivity index (χ0n) is 7.09. The highest BCUT2D eigenvalue weighted by molar-refractivity contribution is 5.75. The van der Waals surface area contributed by atoms with Crippen molar-refractivity contribution in [1.82, 2.24) is 5.32 Å². The predicted octanol–water partition coefficient (Wildman–Crippen LogP) is 0.690. The molecule has 1 aliphatic heterocycles. The molecule has 0 bridgehead atoms. The molecule has 3 nitrogen and oxygen atoms in total. The van der Waals surface area contributed by atoms with Crippen molar-refractivity contribution >= 4 is 5.97 Å². The minimum absolute atomic E-state index is 0.0660. The van der Waals surface area contributed by atoms with Gasteiger partial charge < -0.3 is 10.1 Å². The van der Waals surface area contributed by atoms with E-state index in [0.717, 1.165) is 19.3 Å². The number of methoxy groups -OCH3 is 1. The monoisotopic (exact) mass is 157 g/mol. The Balaban J connectivity index is 2.39. The highest BCUT2D eigenvalue weighted by atomic mass is 16.5. The molecule has 1 saturated heterocycles. The first-order chi connectivity index (χ1) is 5.24. The molecule has 3 heteroatoms. The molecule has 0 spiro atoms. The standard InChI is InChI=1S/C8H15NO2/c1-6-4-3-5-7(9-6)8(10)11-2/h6-7,9H,3-5H2,1-2H3/t6-,7+/m0/s1. The smallest absolute Gasteiger partial charge is 0.322 e. The van der Waals surface area contributed by atoms with Crippen molar-refractivity contribution in [2.75, 3.05) is 7.11 Å². The zero-order valence-corrected chi connectivity index (χ0v) is 7.09. The van der Waals surface area contributed by atoms with Gasteiger partial charge in [-0.3, -0.25) is 4.79 Å². The van der Waals surface area contributed by atoms with Gasteiger partial charge in [0.1, 0.15) is 6.04 Å². The van der Waals surface area contributed by atoms with E-state index in [1.165, 1.54) is 7.11 Å². The summed E-state index contributed by atoms with van der Waals surface area (Å²) < 4.78 is 4.64. The van der Waals surface area contributed by atoms with Crippen LogP contribution in [0.2, 0.25) is 0 Å². The molecule has 0 radical (unpaired) electrons. The summed E-state index contributed by atoms with van der Waals surface area (Å²) in [6.45, 7) is 2.09. The summed E-state index contributed by atoms with van der Waals surface area (Å²) in [5.41, 5.74) is 0. The fraction of sp³-hybridized carbons (Fsp3) is 0.875. The van der Waals surface area contributed by atoms with Crippen molar-refractivity contribution < 1.29 is 9.53 Å². The molecule has 1 heterocycles. The molecule has 2 atom stereocenters. The minimum atomic E-state index is -0.128. The summed E-state index contributed by atoms with van der Waals surface area (Å²) in [5.74, 6) is -0.128. The fourth-order valence-electron chi connectivity index (χ4n) is 1.47. The lowest BCUT2D eigenvalue weighted by molar-refractivity contribution is -0.144. The number of hydrogen-bond acceptors (Lipinski definition) is 3. The van der Waals surface area contributed by atoms with E-state index >= 15 is 0 Å². The first kappa shape index (κ1) is 8.53. The number of rotatable bonds is 1. The molecule has 0 aromatic rings. The van der Waals surface area contributed by atoms with Crippen LogP contribution in [0.3, 0.4) is 0 Å². The van der Waals surface area contributed by atoms with Crippen LogP contribution in [0.25, 0.3) is 0 Å². The van der Waals surface area contributed by atoms with Gasteiger partial charge in [0, 0.05) is 6.04 Å². The van der Waals surface area contributed by atoms with Crippen LogP contribution in [-0.4, -0.2) is 25.2 Å². The van der Waals surface area contributed by atoms with Gasteiger partial charge in [0.2, 0.25) is 0 Å². The quantitative estimate of drug-likeness (QED) is 0.569. The van der Waals surface area contributed by atoms with E-state index in [9.17, 15) is 4.79 Å². The molecular weight excluding hydrogens is 142 g/mol. The van der Waals surface area contributed by atoms with E-state index in [4.69, 9.17) is 0 Å². The van der Waals surface area contributed by atoms with Crippen LogP contribution in [0.5, 0.6) is 0 Å². The third-order valence-corrected chi connectivity index (χ3v) is 2.10. The van der Waals surface area contributed by atoms with E-state index in [1.807, 2.05) is 0 Å². The number of piperidine rings is 1. The van der Waals surface area contributed by atoms with E-state index in [-0.39, 0.29) is 12.0 Å². The number of ether oxygens (including phenoxy) is 1. The summed E-state index contributed by atoms with van der Waals surface area (Å²) in [7, 11) is 1.43. The van der Waals surface area contributed by atoms with Crippen LogP contribution in [0.15, 0.2) is 0 Å². The van der Waals surface area contributed by atoms with Gasteiger partial charge in [0.25, 0.3) is 0 Å². The maximum absolute atomic E-state index is 11.0. The van der Waals surface area contributed by atoms with Crippen molar-refractivity contribution in [2.24, 2.45) is 0 Å². The van der Waals surface area contributed by atoms with Crippen molar-refractivity contribution in [3.63, 3.8) is 0 Å². The molecule has 0 aromatic heterocycles. The summed E-state index contributed by atoms with van der Waals surface area (Å²) >= 11 is 0. The SMILES string of the molecule is COC(=O)[C@H]1CCC[C@H](C)N1. The Morgan fingerprint density at radius 3 is 2.82 bits per heavy atom. The van der Waals surface area contributed by atoms with Crippen molar-refractivity contribution in [1.29, 1.82) is 0 Å². The number of nitrogens with one attached hydrogen (secondary N) is 1. The second-order valence-electron chi connectivity index (χ2n) is 3.07. The molecule has 1 aliphatic rings. The molecule has 11 heavy (non-hydrogen) atoms. The lowest BCUT2D eigenvalue weighted by Gasteiger charge is -2.26. The van der Waals surface area contributed by atoms with Gasteiger partial charge >= 0.3 is 5.97 Å². The maximum Gasteiger partial charge on any atom is 0.322 e. The number of carbonyl (C=O) groups excluding carboxylic acids is 1. The van der Waals surface area contributed by atoms with Crippen molar-refractivity contribution in [3.8, 4) is 0 Å². The molecule has 64 valence electrons. The largest absolute Gasteiger partial charge is 0.468 e. The van der Waals surface area contributed by atoms with Crippen molar-refractivity contribution in [2.45, 2.75) is 38.3 Å². The summed E-state index contributed by atoms with van der Waals surface area (Å²) in [6.07, 6.45) is 3.19. The topological polar surface area (TPSA) is 38.3 Å². The van der Waals surface area contributed by atoms with E-state index < -0.39 is 0 Å². The third kappa shape index (κ3) is 2.19. The Labute approximate surface area is 67.1 Å². The maximum atomic E-state index is 11.0. The Morgan fingerprint density at radius 2 is 2.27 bits per heavy atom. The van der Waals surface area contributed by atoms with E-state index in [2.05, 4.69) is 17.0 Å². The predicted molar refractivity (Wildman–Crippen MR) is 42.3 cm³/mol. The molecule has 1 rings (SSSR count). The molecule has 0 saturated carbocycles. The first-order valence-corrected chi connectivity index (χ1v) is 4.08. The summed E-state index contributed by atoms with van der Waals surface area (Å²) in [6, 6.07) is 0.386. The molecular formula is C8H15NO2. The van der Waals surface area contributed by atoms with Gasteiger partial charge in [0.05, 0.1) is 7.11 Å². The second-order valence-corrected chi connectivity index (χ2v) is 3.07. The van der Waals surface area contributed by atoms with Crippen LogP contribution < -0.4 is 5.32 Å². The Morgan fingerprint density at radius 1 is 1.55 bits per heavy atom. The molecule has 1 N–H and O–H groups in total. The van der Waals surface area contributed by atoms with E-state index in [0.29, 0.717) is 6.04 Å². The van der Waals surface area contributed by atoms with Gasteiger partial charge in [-0.15, -0.1) is 0 Å². The Kier molecular flexibility index (Phi) is 2.88. The van der Waals surface area contributed by atoms with Crippen LogP contribution in [0.1, 0.15) is 26.2 Å². The van der Waals surface area contributed by atoms with Gasteiger partial charge in [-0.05, 0) is 26.2 Å². The van der Waals surface area contributed by atoms with E-state index in [1.54, 1.807) is 0 Å². The highest BCUT2D eigenvalue weighted by Gasteiger charge is 2.24. The zero-order chi connectivity index (χ0) is 8.27. The second kappa shape index (κ2) is 3.72. The average molecular weight is 157 g/mol. The van der Waals surface area contributed by atoms with Gasteiger partial charge in [0.15, 0.2) is 0 Å². The van der Waals surface area contributed by atoms with Crippen LogP contribution >= 0.6 is 0 Å². The third-order valence-electron chi connectivity index (χ3n) is 2.10. The summed E-state index contributed by atoms with van der Waals surface area (Å²) in [5, 5.41) is 3.19. The van der Waals surface area contributed by atoms with Gasteiger partial charge in [-0.25, -0.2) is 0 Å². The highest BCUT2D eigenvalue weighted by Crippen LogP contribution is 2.12. The van der Waals surface area contributed by atoms with Crippen molar-refractivity contribution in [3.05, 3.63) is 0 Å². The molecule has 0 amide bonds. The fourth-order valence-corrected chi connectivity index (χ4v) is 1.47. The normalized spacial score (nSPS) is 31.5.